The average molecular weight is 311 g/mol. The number of nitro benzene ring substituents is 1. The number of carbonyl (C=O) groups is 1. The minimum atomic E-state index is -0.674. The molecule has 10 heteroatoms. The number of amides is 1. The van der Waals surface area contributed by atoms with E-state index in [1.807, 2.05) is 0 Å². The normalized spacial score (nSPS) is 10.2. The summed E-state index contributed by atoms with van der Waals surface area (Å²) < 4.78 is 0. The number of nitro groups is 1. The molecule has 0 radical (unpaired) electrons. The second kappa shape index (κ2) is 6.20. The van der Waals surface area contributed by atoms with Gasteiger partial charge in [-0.1, -0.05) is 11.6 Å². The van der Waals surface area contributed by atoms with Crippen molar-refractivity contribution in [2.24, 2.45) is 5.84 Å². The van der Waals surface area contributed by atoms with E-state index in [1.54, 1.807) is 6.20 Å². The number of aromatic amines is 1. The van der Waals surface area contributed by atoms with Crippen molar-refractivity contribution in [2.75, 3.05) is 5.43 Å². The van der Waals surface area contributed by atoms with Gasteiger partial charge in [-0.05, 0) is 6.07 Å². The van der Waals surface area contributed by atoms with Crippen LogP contribution in [0.25, 0.3) is 0 Å². The van der Waals surface area contributed by atoms with Crippen LogP contribution < -0.4 is 16.6 Å². The molecule has 0 saturated carbocycles. The third-order valence-electron chi connectivity index (χ3n) is 2.67. The highest BCUT2D eigenvalue weighted by Crippen LogP contribution is 2.32. The first-order valence-electron chi connectivity index (χ1n) is 5.73. The first-order chi connectivity index (χ1) is 10.0. The smallest absolute Gasteiger partial charge is 0.295 e. The van der Waals surface area contributed by atoms with Gasteiger partial charge in [0, 0.05) is 17.8 Å². The van der Waals surface area contributed by atoms with Crippen LogP contribution in [0.2, 0.25) is 5.02 Å². The monoisotopic (exact) mass is 310 g/mol. The predicted molar refractivity (Wildman–Crippen MR) is 75.7 cm³/mol. The highest BCUT2D eigenvalue weighted by molar-refractivity contribution is 6.34. The Bertz CT molecular complexity index is 673. The third kappa shape index (κ3) is 3.27. The molecule has 1 aromatic heterocycles. The van der Waals surface area contributed by atoms with Crippen LogP contribution in [0.5, 0.6) is 0 Å². The lowest BCUT2D eigenvalue weighted by Gasteiger charge is -2.08. The molecule has 0 atom stereocenters. The first-order valence-corrected chi connectivity index (χ1v) is 6.10. The number of hydrazine groups is 1. The number of benzene rings is 1. The molecule has 0 spiro atoms. The van der Waals surface area contributed by atoms with Crippen LogP contribution in [0.15, 0.2) is 24.7 Å². The van der Waals surface area contributed by atoms with Crippen LogP contribution in [-0.2, 0) is 6.54 Å². The Morgan fingerprint density at radius 1 is 1.52 bits per heavy atom. The van der Waals surface area contributed by atoms with Crippen molar-refractivity contribution in [1.82, 2.24) is 15.3 Å². The van der Waals surface area contributed by atoms with E-state index in [4.69, 9.17) is 17.4 Å². The molecule has 2 rings (SSSR count). The van der Waals surface area contributed by atoms with Crippen LogP contribution >= 0.6 is 11.6 Å². The molecule has 5 N–H and O–H groups in total. The average Bonchev–Trinajstić information content (AvgIpc) is 2.96. The standard InChI is InChI=1S/C11H11ClN6O3/c12-8-1-6(2-9(18(20)21)10(8)17-13)11(19)15-4-7-3-14-5-16-7/h1-3,5,17H,4,13H2,(H,14,16)(H,15,19). The molecular weight excluding hydrogens is 300 g/mol. The van der Waals surface area contributed by atoms with Crippen LogP contribution in [-0.4, -0.2) is 20.8 Å². The number of aromatic nitrogens is 2. The van der Waals surface area contributed by atoms with Crippen molar-refractivity contribution < 1.29 is 9.72 Å². The number of anilines is 1. The maximum absolute atomic E-state index is 12.0. The molecule has 1 amide bonds. The number of nitrogens with one attached hydrogen (secondary N) is 3. The Labute approximate surface area is 123 Å². The van der Waals surface area contributed by atoms with E-state index in [0.29, 0.717) is 5.69 Å². The number of hydrogen-bond acceptors (Lipinski definition) is 6. The number of nitrogens with two attached hydrogens (primary N) is 1. The number of imidazole rings is 1. The molecule has 0 aliphatic rings. The highest BCUT2D eigenvalue weighted by atomic mass is 35.5. The van der Waals surface area contributed by atoms with Gasteiger partial charge in [0.15, 0.2) is 0 Å². The first kappa shape index (κ1) is 14.8. The molecule has 9 nitrogen and oxygen atoms in total. The van der Waals surface area contributed by atoms with Gasteiger partial charge in [-0.25, -0.2) is 4.98 Å². The summed E-state index contributed by atoms with van der Waals surface area (Å²) >= 11 is 5.88. The molecule has 0 unspecified atom stereocenters. The van der Waals surface area contributed by atoms with Crippen molar-refractivity contribution in [1.29, 1.82) is 0 Å². The lowest BCUT2D eigenvalue weighted by molar-refractivity contribution is -0.384. The largest absolute Gasteiger partial charge is 0.347 e. The lowest BCUT2D eigenvalue weighted by Crippen LogP contribution is -2.23. The van der Waals surface area contributed by atoms with Crippen molar-refractivity contribution in [2.45, 2.75) is 6.54 Å². The molecule has 2 aromatic rings. The van der Waals surface area contributed by atoms with Gasteiger partial charge >= 0.3 is 0 Å². The van der Waals surface area contributed by atoms with E-state index in [9.17, 15) is 14.9 Å². The molecule has 0 saturated heterocycles. The van der Waals surface area contributed by atoms with Gasteiger partial charge < -0.3 is 15.7 Å². The zero-order valence-corrected chi connectivity index (χ0v) is 11.3. The van der Waals surface area contributed by atoms with Crippen LogP contribution in [0.4, 0.5) is 11.4 Å². The predicted octanol–water partition coefficient (Wildman–Crippen LogP) is 1.19. The van der Waals surface area contributed by atoms with Gasteiger partial charge in [0.05, 0.1) is 28.5 Å². The van der Waals surface area contributed by atoms with E-state index in [1.165, 1.54) is 12.4 Å². The minimum absolute atomic E-state index is 0.0154. The molecule has 0 aliphatic carbocycles. The second-order valence-electron chi connectivity index (χ2n) is 4.01. The van der Waals surface area contributed by atoms with E-state index in [-0.39, 0.29) is 28.5 Å². The van der Waals surface area contributed by atoms with Gasteiger partial charge in [0.1, 0.15) is 5.69 Å². The Balaban J connectivity index is 2.23. The summed E-state index contributed by atoms with van der Waals surface area (Å²) in [6.07, 6.45) is 3.03. The number of H-pyrrole nitrogens is 1. The van der Waals surface area contributed by atoms with Crippen molar-refractivity contribution in [3.05, 3.63) is 51.1 Å². The van der Waals surface area contributed by atoms with E-state index in [2.05, 4.69) is 20.7 Å². The SMILES string of the molecule is NNc1c(Cl)cc(C(=O)NCc2cnc[nH]2)cc1[N+](=O)[O-]. The molecule has 110 valence electrons. The quantitative estimate of drug-likeness (QED) is 0.371. The molecule has 0 fully saturated rings. The second-order valence-corrected chi connectivity index (χ2v) is 4.42. The van der Waals surface area contributed by atoms with Crippen molar-refractivity contribution in [3.63, 3.8) is 0 Å². The minimum Gasteiger partial charge on any atom is -0.347 e. The van der Waals surface area contributed by atoms with Gasteiger partial charge in [-0.15, -0.1) is 0 Å². The van der Waals surface area contributed by atoms with E-state index in [0.717, 1.165) is 6.07 Å². The summed E-state index contributed by atoms with van der Waals surface area (Å²) in [4.78, 5) is 28.9. The lowest BCUT2D eigenvalue weighted by atomic mass is 10.1. The van der Waals surface area contributed by atoms with Gasteiger partial charge in [0.2, 0.25) is 0 Å². The zero-order chi connectivity index (χ0) is 15.4. The maximum atomic E-state index is 12.0. The Hall–Kier alpha value is -2.65. The molecule has 21 heavy (non-hydrogen) atoms. The molecule has 1 aromatic carbocycles. The van der Waals surface area contributed by atoms with Crippen LogP contribution in [0.1, 0.15) is 16.1 Å². The summed E-state index contributed by atoms with van der Waals surface area (Å²) in [5, 5.41) is 13.5. The van der Waals surface area contributed by atoms with E-state index < -0.39 is 10.8 Å². The summed E-state index contributed by atoms with van der Waals surface area (Å²) in [5.74, 6) is 4.69. The fourth-order valence-electron chi connectivity index (χ4n) is 1.67. The number of carbonyl (C=O) groups excluding carboxylic acids is 1. The topological polar surface area (TPSA) is 139 Å². The Morgan fingerprint density at radius 3 is 2.86 bits per heavy atom. The molecule has 1 heterocycles. The Morgan fingerprint density at radius 2 is 2.29 bits per heavy atom. The number of nitrogens with zero attached hydrogens (tertiary/aromatic N) is 2. The summed E-state index contributed by atoms with van der Waals surface area (Å²) in [6.45, 7) is 0.209. The number of rotatable bonds is 5. The van der Waals surface area contributed by atoms with Crippen molar-refractivity contribution >= 4 is 28.9 Å². The summed E-state index contributed by atoms with van der Waals surface area (Å²) in [5.41, 5.74) is 2.48. The van der Waals surface area contributed by atoms with Gasteiger partial charge in [0.25, 0.3) is 11.6 Å². The summed E-state index contributed by atoms with van der Waals surface area (Å²) in [6, 6.07) is 2.40. The fourth-order valence-corrected chi connectivity index (χ4v) is 1.94. The molecule has 0 bridgehead atoms. The highest BCUT2D eigenvalue weighted by Gasteiger charge is 2.20. The number of hydrogen-bond donors (Lipinski definition) is 4. The Kier molecular flexibility index (Phi) is 4.36. The van der Waals surface area contributed by atoms with E-state index >= 15 is 0 Å². The van der Waals surface area contributed by atoms with Gasteiger partial charge in [-0.3, -0.25) is 20.8 Å². The maximum Gasteiger partial charge on any atom is 0.295 e. The summed E-state index contributed by atoms with van der Waals surface area (Å²) in [7, 11) is 0. The number of halogens is 1. The zero-order valence-electron chi connectivity index (χ0n) is 10.6. The van der Waals surface area contributed by atoms with Gasteiger partial charge in [-0.2, -0.15) is 0 Å². The fraction of sp³-hybridized carbons (Fsp3) is 0.0909. The molecule has 0 aliphatic heterocycles. The number of nitrogen functional groups attached to an aromatic ring is 1. The molecular formula is C11H11ClN6O3. The third-order valence-corrected chi connectivity index (χ3v) is 2.96. The van der Waals surface area contributed by atoms with Crippen LogP contribution in [0, 0.1) is 10.1 Å². The van der Waals surface area contributed by atoms with Crippen LogP contribution in [0.3, 0.4) is 0 Å². The van der Waals surface area contributed by atoms with Crippen molar-refractivity contribution in [3.8, 4) is 0 Å².